The van der Waals surface area contributed by atoms with Crippen molar-refractivity contribution in [1.82, 2.24) is 4.90 Å². The molecule has 2 heterocycles. The molecule has 1 saturated heterocycles. The Morgan fingerprint density at radius 1 is 1.59 bits per heavy atom. The van der Waals surface area contributed by atoms with Gasteiger partial charge in [-0.05, 0) is 24.8 Å². The summed E-state index contributed by atoms with van der Waals surface area (Å²) in [7, 11) is 0. The first-order valence-corrected chi connectivity index (χ1v) is 7.71. The Kier molecular flexibility index (Phi) is 4.22. The number of morpholine rings is 1. The molecule has 1 aliphatic rings. The lowest BCUT2D eigenvalue weighted by Crippen LogP contribution is -2.49. The van der Waals surface area contributed by atoms with E-state index < -0.39 is 0 Å². The van der Waals surface area contributed by atoms with Crippen molar-refractivity contribution in [1.29, 1.82) is 0 Å². The number of aryl methyl sites for hydroxylation is 1. The Morgan fingerprint density at radius 3 is 2.94 bits per heavy atom. The van der Waals surface area contributed by atoms with Gasteiger partial charge in [-0.15, -0.1) is 0 Å². The summed E-state index contributed by atoms with van der Waals surface area (Å²) in [5, 5.41) is 4.71. The van der Waals surface area contributed by atoms with Gasteiger partial charge in [-0.1, -0.05) is 15.9 Å². The highest BCUT2D eigenvalue weighted by atomic mass is 79.9. The highest BCUT2D eigenvalue weighted by molar-refractivity contribution is 9.09. The van der Waals surface area contributed by atoms with Crippen molar-refractivity contribution in [2.24, 2.45) is 0 Å². The van der Waals surface area contributed by atoms with Gasteiger partial charge < -0.3 is 9.64 Å². The second-order valence-electron chi connectivity index (χ2n) is 4.40. The third-order valence-corrected chi connectivity index (χ3v) is 4.46. The van der Waals surface area contributed by atoms with Crippen LogP contribution in [-0.4, -0.2) is 41.4 Å². The summed E-state index contributed by atoms with van der Waals surface area (Å²) in [6, 6.07) is 0. The molecule has 2 unspecified atom stereocenters. The third kappa shape index (κ3) is 2.89. The summed E-state index contributed by atoms with van der Waals surface area (Å²) < 4.78 is 5.73. The SMILES string of the molecule is Cc1cscc1C(=O)N1CC(C)OC(CBr)C1. The standard InChI is InChI=1S/C12H16BrNO2S/c1-8-6-17-7-11(8)12(15)14-4-9(2)16-10(3-13)5-14/h6-7,9-10H,3-5H2,1-2H3. The fourth-order valence-corrected chi connectivity index (χ4v) is 3.23. The maximum absolute atomic E-state index is 12.4. The maximum Gasteiger partial charge on any atom is 0.255 e. The van der Waals surface area contributed by atoms with Crippen LogP contribution in [0.4, 0.5) is 0 Å². The molecular weight excluding hydrogens is 302 g/mol. The molecule has 0 N–H and O–H groups in total. The first-order valence-electron chi connectivity index (χ1n) is 5.65. The monoisotopic (exact) mass is 317 g/mol. The Balaban J connectivity index is 2.11. The Hall–Kier alpha value is -0.390. The summed E-state index contributed by atoms with van der Waals surface area (Å²) >= 11 is 5.00. The predicted molar refractivity (Wildman–Crippen MR) is 73.1 cm³/mol. The average molecular weight is 318 g/mol. The van der Waals surface area contributed by atoms with Crippen molar-refractivity contribution in [2.45, 2.75) is 26.1 Å². The van der Waals surface area contributed by atoms with E-state index in [0.29, 0.717) is 13.1 Å². The van der Waals surface area contributed by atoms with Crippen LogP contribution >= 0.6 is 27.3 Å². The molecule has 1 amide bonds. The molecule has 0 saturated carbocycles. The molecule has 1 aromatic heterocycles. The van der Waals surface area contributed by atoms with Crippen LogP contribution < -0.4 is 0 Å². The smallest absolute Gasteiger partial charge is 0.255 e. The van der Waals surface area contributed by atoms with Crippen molar-refractivity contribution in [2.75, 3.05) is 18.4 Å². The Bertz CT molecular complexity index is 407. The number of halogens is 1. The molecule has 0 aliphatic carbocycles. The van der Waals surface area contributed by atoms with Gasteiger partial charge in [0.2, 0.25) is 0 Å². The van der Waals surface area contributed by atoms with E-state index in [2.05, 4.69) is 15.9 Å². The van der Waals surface area contributed by atoms with Crippen molar-refractivity contribution in [3.8, 4) is 0 Å². The van der Waals surface area contributed by atoms with Crippen LogP contribution in [0.2, 0.25) is 0 Å². The largest absolute Gasteiger partial charge is 0.371 e. The summed E-state index contributed by atoms with van der Waals surface area (Å²) in [5.74, 6) is 0.129. The zero-order valence-corrected chi connectivity index (χ0v) is 12.4. The number of nitrogens with zero attached hydrogens (tertiary/aromatic N) is 1. The number of rotatable bonds is 2. The molecule has 0 aromatic carbocycles. The van der Waals surface area contributed by atoms with E-state index in [9.17, 15) is 4.79 Å². The van der Waals surface area contributed by atoms with Gasteiger partial charge in [-0.25, -0.2) is 0 Å². The van der Waals surface area contributed by atoms with Crippen LogP contribution in [0.25, 0.3) is 0 Å². The summed E-state index contributed by atoms with van der Waals surface area (Å²) in [5.41, 5.74) is 1.90. The molecule has 5 heteroatoms. The lowest BCUT2D eigenvalue weighted by Gasteiger charge is -2.36. The first-order chi connectivity index (χ1) is 8.11. The lowest BCUT2D eigenvalue weighted by atomic mass is 10.1. The number of hydrogen-bond donors (Lipinski definition) is 0. The molecule has 0 spiro atoms. The number of thiophene rings is 1. The molecule has 0 radical (unpaired) electrons. The van der Waals surface area contributed by atoms with E-state index in [0.717, 1.165) is 16.5 Å². The molecule has 17 heavy (non-hydrogen) atoms. The lowest BCUT2D eigenvalue weighted by molar-refractivity contribution is -0.0559. The number of ether oxygens (including phenoxy) is 1. The Labute approximate surface area is 114 Å². The van der Waals surface area contributed by atoms with Gasteiger partial charge in [0.15, 0.2) is 0 Å². The topological polar surface area (TPSA) is 29.5 Å². The molecule has 3 nitrogen and oxygen atoms in total. The van der Waals surface area contributed by atoms with Crippen LogP contribution in [0.15, 0.2) is 10.8 Å². The molecule has 2 atom stereocenters. The van der Waals surface area contributed by atoms with Crippen LogP contribution in [0, 0.1) is 6.92 Å². The van der Waals surface area contributed by atoms with Gasteiger partial charge in [0.1, 0.15) is 0 Å². The number of alkyl halides is 1. The molecule has 94 valence electrons. The molecular formula is C12H16BrNO2S. The van der Waals surface area contributed by atoms with Gasteiger partial charge in [-0.2, -0.15) is 11.3 Å². The molecule has 1 aliphatic heterocycles. The minimum absolute atomic E-state index is 0.0987. The fraction of sp³-hybridized carbons (Fsp3) is 0.583. The van der Waals surface area contributed by atoms with Gasteiger partial charge in [0.05, 0.1) is 17.8 Å². The van der Waals surface area contributed by atoms with Crippen LogP contribution in [0.1, 0.15) is 22.8 Å². The molecule has 1 fully saturated rings. The van der Waals surface area contributed by atoms with Gasteiger partial charge in [0, 0.05) is 23.8 Å². The second kappa shape index (κ2) is 5.50. The van der Waals surface area contributed by atoms with Crippen molar-refractivity contribution >= 4 is 33.2 Å². The second-order valence-corrected chi connectivity index (χ2v) is 5.79. The van der Waals surface area contributed by atoms with E-state index in [1.165, 1.54) is 0 Å². The quantitative estimate of drug-likeness (QED) is 0.785. The van der Waals surface area contributed by atoms with E-state index in [4.69, 9.17) is 4.74 Å². The van der Waals surface area contributed by atoms with Crippen LogP contribution in [-0.2, 0) is 4.74 Å². The van der Waals surface area contributed by atoms with Crippen molar-refractivity contribution in [3.05, 3.63) is 21.9 Å². The number of amides is 1. The van der Waals surface area contributed by atoms with E-state index >= 15 is 0 Å². The summed E-state index contributed by atoms with van der Waals surface area (Å²) in [4.78, 5) is 14.2. The van der Waals surface area contributed by atoms with Crippen molar-refractivity contribution in [3.63, 3.8) is 0 Å². The summed E-state index contributed by atoms with van der Waals surface area (Å²) in [6.45, 7) is 5.34. The average Bonchev–Trinajstić information content (AvgIpc) is 2.73. The molecule has 0 bridgehead atoms. The fourth-order valence-electron chi connectivity index (χ4n) is 2.05. The minimum atomic E-state index is 0.0987. The van der Waals surface area contributed by atoms with Gasteiger partial charge >= 0.3 is 0 Å². The van der Waals surface area contributed by atoms with E-state index in [1.54, 1.807) is 11.3 Å². The highest BCUT2D eigenvalue weighted by Gasteiger charge is 2.29. The van der Waals surface area contributed by atoms with Crippen LogP contribution in [0.5, 0.6) is 0 Å². The van der Waals surface area contributed by atoms with E-state index in [1.807, 2.05) is 29.5 Å². The first kappa shape index (κ1) is 13.1. The summed E-state index contributed by atoms with van der Waals surface area (Å²) in [6.07, 6.45) is 0.204. The van der Waals surface area contributed by atoms with E-state index in [-0.39, 0.29) is 18.1 Å². The maximum atomic E-state index is 12.4. The zero-order valence-electron chi connectivity index (χ0n) is 9.98. The van der Waals surface area contributed by atoms with Gasteiger partial charge in [-0.3, -0.25) is 4.79 Å². The van der Waals surface area contributed by atoms with Crippen LogP contribution in [0.3, 0.4) is 0 Å². The third-order valence-electron chi connectivity index (χ3n) is 2.87. The number of hydrogen-bond acceptors (Lipinski definition) is 3. The number of carbonyl (C=O) groups excluding carboxylic acids is 1. The Morgan fingerprint density at radius 2 is 2.35 bits per heavy atom. The zero-order chi connectivity index (χ0) is 12.4. The normalized spacial score (nSPS) is 25.0. The van der Waals surface area contributed by atoms with Crippen molar-refractivity contribution < 1.29 is 9.53 Å². The van der Waals surface area contributed by atoms with Gasteiger partial charge in [0.25, 0.3) is 5.91 Å². The predicted octanol–water partition coefficient (Wildman–Crippen LogP) is 2.68. The minimum Gasteiger partial charge on any atom is -0.371 e. The highest BCUT2D eigenvalue weighted by Crippen LogP contribution is 2.20. The molecule has 1 aromatic rings. The molecule has 2 rings (SSSR count). The number of carbonyl (C=O) groups is 1.